The van der Waals surface area contributed by atoms with Gasteiger partial charge < -0.3 is 4.57 Å². The van der Waals surface area contributed by atoms with Crippen LogP contribution in [0, 0.1) is 0 Å². The van der Waals surface area contributed by atoms with Crippen LogP contribution >= 0.6 is 11.3 Å². The fourth-order valence-electron chi connectivity index (χ4n) is 6.33. The van der Waals surface area contributed by atoms with Crippen LogP contribution < -0.4 is 0 Å². The zero-order chi connectivity index (χ0) is 29.0. The molecule has 0 aliphatic rings. The van der Waals surface area contributed by atoms with Gasteiger partial charge in [-0.05, 0) is 54.6 Å². The average Bonchev–Trinajstić information content (AvgIpc) is 3.64. The van der Waals surface area contributed by atoms with E-state index in [0.29, 0.717) is 0 Å². The second-order valence-electron chi connectivity index (χ2n) is 11.1. The Labute approximate surface area is 258 Å². The summed E-state index contributed by atoms with van der Waals surface area (Å²) in [6.45, 7) is 0. The number of benzene rings is 6. The molecule has 9 aromatic rings. The first-order valence-corrected chi connectivity index (χ1v) is 15.6. The number of rotatable bonds is 4. The largest absolute Gasteiger partial charge is 0.309 e. The maximum Gasteiger partial charge on any atom is 0.160 e. The van der Waals surface area contributed by atoms with Crippen LogP contribution in [0.4, 0.5) is 0 Å². The molecule has 0 aliphatic carbocycles. The van der Waals surface area contributed by atoms with E-state index >= 15 is 0 Å². The standard InChI is InChI=1S/C40H25N3S/c1-3-11-26(12-4-1)34-25-35(27-13-5-2-6-14-27)42-40(41-34)28-19-21-37-32(23-28)30-15-7-9-17-36(30)43(37)29-20-22-39-33(24-29)31-16-8-10-18-38(31)44-39/h1-25H. The first-order chi connectivity index (χ1) is 21.8. The zero-order valence-corrected chi connectivity index (χ0v) is 24.5. The third-order valence-electron chi connectivity index (χ3n) is 8.41. The van der Waals surface area contributed by atoms with Crippen molar-refractivity contribution in [2.24, 2.45) is 0 Å². The lowest BCUT2D eigenvalue weighted by molar-refractivity contribution is 1.18. The highest BCUT2D eigenvalue weighted by molar-refractivity contribution is 7.25. The number of nitrogens with zero attached hydrogens (tertiary/aromatic N) is 3. The van der Waals surface area contributed by atoms with E-state index in [4.69, 9.17) is 9.97 Å². The maximum atomic E-state index is 5.09. The number of hydrogen-bond acceptors (Lipinski definition) is 3. The first kappa shape index (κ1) is 25.0. The highest BCUT2D eigenvalue weighted by Crippen LogP contribution is 2.39. The minimum atomic E-state index is 0.718. The molecule has 0 amide bonds. The van der Waals surface area contributed by atoms with Crippen molar-refractivity contribution in [2.75, 3.05) is 0 Å². The normalized spacial score (nSPS) is 11.6. The number of aromatic nitrogens is 3. The summed E-state index contributed by atoms with van der Waals surface area (Å²) in [6.07, 6.45) is 0. The van der Waals surface area contributed by atoms with Gasteiger partial charge in [0.2, 0.25) is 0 Å². The molecule has 0 N–H and O–H groups in total. The van der Waals surface area contributed by atoms with Gasteiger partial charge in [-0.15, -0.1) is 11.3 Å². The molecule has 3 nitrogen and oxygen atoms in total. The van der Waals surface area contributed by atoms with E-state index in [1.165, 1.54) is 36.5 Å². The summed E-state index contributed by atoms with van der Waals surface area (Å²) < 4.78 is 5.01. The van der Waals surface area contributed by atoms with Crippen molar-refractivity contribution in [1.82, 2.24) is 14.5 Å². The minimum absolute atomic E-state index is 0.718. The summed E-state index contributed by atoms with van der Waals surface area (Å²) in [5.41, 5.74) is 8.47. The molecule has 0 fully saturated rings. The van der Waals surface area contributed by atoms with Crippen molar-refractivity contribution in [3.63, 3.8) is 0 Å². The Bertz CT molecular complexity index is 2430. The lowest BCUT2D eigenvalue weighted by Gasteiger charge is -2.10. The zero-order valence-electron chi connectivity index (χ0n) is 23.7. The van der Waals surface area contributed by atoms with Crippen molar-refractivity contribution in [3.05, 3.63) is 152 Å². The molecule has 0 aliphatic heterocycles. The van der Waals surface area contributed by atoms with Crippen molar-refractivity contribution < 1.29 is 0 Å². The van der Waals surface area contributed by atoms with Crippen LogP contribution in [0.1, 0.15) is 0 Å². The smallest absolute Gasteiger partial charge is 0.160 e. The van der Waals surface area contributed by atoms with Crippen LogP contribution in [0.5, 0.6) is 0 Å². The predicted molar refractivity (Wildman–Crippen MR) is 186 cm³/mol. The molecule has 0 bridgehead atoms. The number of hydrogen-bond donors (Lipinski definition) is 0. The van der Waals surface area contributed by atoms with Gasteiger partial charge in [0.15, 0.2) is 5.82 Å². The van der Waals surface area contributed by atoms with Gasteiger partial charge >= 0.3 is 0 Å². The Kier molecular flexibility index (Phi) is 5.68. The summed E-state index contributed by atoms with van der Waals surface area (Å²) in [5.74, 6) is 0.718. The summed E-state index contributed by atoms with van der Waals surface area (Å²) in [4.78, 5) is 10.2. The molecular formula is C40H25N3S. The van der Waals surface area contributed by atoms with Crippen LogP contribution in [0.3, 0.4) is 0 Å². The van der Waals surface area contributed by atoms with Crippen molar-refractivity contribution in [3.8, 4) is 39.6 Å². The Morgan fingerprint density at radius 3 is 1.77 bits per heavy atom. The van der Waals surface area contributed by atoms with Crippen LogP contribution in [-0.2, 0) is 0 Å². The van der Waals surface area contributed by atoms with E-state index < -0.39 is 0 Å². The fraction of sp³-hybridized carbons (Fsp3) is 0. The number of para-hydroxylation sites is 1. The van der Waals surface area contributed by atoms with Gasteiger partial charge in [-0.1, -0.05) is 97.1 Å². The Balaban J connectivity index is 1.26. The van der Waals surface area contributed by atoms with Gasteiger partial charge in [0.1, 0.15) is 0 Å². The van der Waals surface area contributed by atoms with Crippen molar-refractivity contribution in [1.29, 1.82) is 0 Å². The second kappa shape index (κ2) is 10.0. The van der Waals surface area contributed by atoms with Gasteiger partial charge in [-0.25, -0.2) is 9.97 Å². The molecule has 0 radical (unpaired) electrons. The summed E-state index contributed by atoms with van der Waals surface area (Å²) in [5, 5.41) is 5.00. The summed E-state index contributed by atoms with van der Waals surface area (Å²) >= 11 is 1.85. The van der Waals surface area contributed by atoms with Crippen LogP contribution in [0.15, 0.2) is 152 Å². The van der Waals surface area contributed by atoms with Crippen LogP contribution in [0.2, 0.25) is 0 Å². The van der Waals surface area contributed by atoms with Gasteiger partial charge in [0.25, 0.3) is 0 Å². The first-order valence-electron chi connectivity index (χ1n) is 14.8. The highest BCUT2D eigenvalue weighted by atomic mass is 32.1. The fourth-order valence-corrected chi connectivity index (χ4v) is 7.42. The molecule has 6 aromatic carbocycles. The van der Waals surface area contributed by atoms with Crippen LogP contribution in [-0.4, -0.2) is 14.5 Å². The summed E-state index contributed by atoms with van der Waals surface area (Å²) in [7, 11) is 0. The Hall–Kier alpha value is -5.58. The number of fused-ring (bicyclic) bond motifs is 6. The Morgan fingerprint density at radius 1 is 0.409 bits per heavy atom. The van der Waals surface area contributed by atoms with Crippen LogP contribution in [0.25, 0.3) is 81.6 Å². The predicted octanol–water partition coefficient (Wildman–Crippen LogP) is 10.9. The van der Waals surface area contributed by atoms with Gasteiger partial charge in [-0.3, -0.25) is 0 Å². The van der Waals surface area contributed by atoms with Gasteiger partial charge in [0, 0.05) is 53.3 Å². The molecule has 0 spiro atoms. The Morgan fingerprint density at radius 2 is 1.02 bits per heavy atom. The van der Waals surface area contributed by atoms with Crippen molar-refractivity contribution >= 4 is 53.3 Å². The quantitative estimate of drug-likeness (QED) is 0.208. The molecule has 3 heterocycles. The molecule has 0 saturated carbocycles. The van der Waals surface area contributed by atoms with Gasteiger partial charge in [0.05, 0.1) is 22.4 Å². The molecule has 4 heteroatoms. The summed E-state index contributed by atoms with van der Waals surface area (Å²) in [6, 6.07) is 53.6. The average molecular weight is 580 g/mol. The lowest BCUT2D eigenvalue weighted by Crippen LogP contribution is -1.96. The van der Waals surface area contributed by atoms with Crippen molar-refractivity contribution in [2.45, 2.75) is 0 Å². The molecule has 206 valence electrons. The molecule has 3 aromatic heterocycles. The highest BCUT2D eigenvalue weighted by Gasteiger charge is 2.16. The molecular weight excluding hydrogens is 555 g/mol. The third kappa shape index (κ3) is 4.03. The number of thiophene rings is 1. The van der Waals surface area contributed by atoms with E-state index in [2.05, 4.69) is 144 Å². The molecule has 0 unspecified atom stereocenters. The van der Waals surface area contributed by atoms with E-state index in [0.717, 1.165) is 45.1 Å². The third-order valence-corrected chi connectivity index (χ3v) is 9.57. The van der Waals surface area contributed by atoms with E-state index in [1.807, 2.05) is 23.5 Å². The van der Waals surface area contributed by atoms with E-state index in [-0.39, 0.29) is 0 Å². The topological polar surface area (TPSA) is 30.7 Å². The molecule has 9 rings (SSSR count). The second-order valence-corrected chi connectivity index (χ2v) is 12.1. The van der Waals surface area contributed by atoms with E-state index in [1.54, 1.807) is 0 Å². The molecule has 0 atom stereocenters. The molecule has 44 heavy (non-hydrogen) atoms. The van der Waals surface area contributed by atoms with Gasteiger partial charge in [-0.2, -0.15) is 0 Å². The maximum absolute atomic E-state index is 5.09. The minimum Gasteiger partial charge on any atom is -0.309 e. The SMILES string of the molecule is c1ccc(-c2cc(-c3ccccc3)nc(-c3ccc4c(c3)c3ccccc3n4-c3ccc4sc5ccccc5c4c3)n2)cc1. The monoisotopic (exact) mass is 579 g/mol. The molecule has 0 saturated heterocycles. The van der Waals surface area contributed by atoms with E-state index in [9.17, 15) is 0 Å². The lowest BCUT2D eigenvalue weighted by atomic mass is 10.1.